The number of aryl methyl sites for hydroxylation is 1. The first-order valence-corrected chi connectivity index (χ1v) is 7.20. The summed E-state index contributed by atoms with van der Waals surface area (Å²) >= 11 is 0. The highest BCUT2D eigenvalue weighted by atomic mass is 16.3. The molecule has 2 N–H and O–H groups in total. The first kappa shape index (κ1) is 14.4. The lowest BCUT2D eigenvalue weighted by Gasteiger charge is -2.30. The molecule has 1 heterocycles. The number of nitrogens with zero attached hydrogens (tertiary/aromatic N) is 1. The van der Waals surface area contributed by atoms with Crippen LogP contribution < -0.4 is 0 Å². The van der Waals surface area contributed by atoms with Crippen molar-refractivity contribution < 1.29 is 10.2 Å². The van der Waals surface area contributed by atoms with Crippen LogP contribution in [0.1, 0.15) is 49.3 Å². The van der Waals surface area contributed by atoms with E-state index in [0.717, 1.165) is 43.6 Å². The molecule has 106 valence electrons. The number of phenolic OH excluding ortho intramolecular Hbond substituents is 1. The topological polar surface area (TPSA) is 43.7 Å². The van der Waals surface area contributed by atoms with Gasteiger partial charge in [-0.05, 0) is 42.9 Å². The van der Waals surface area contributed by atoms with Crippen LogP contribution in [0.5, 0.6) is 5.75 Å². The highest BCUT2D eigenvalue weighted by molar-refractivity contribution is 5.42. The van der Waals surface area contributed by atoms with Crippen molar-refractivity contribution in [2.75, 3.05) is 13.1 Å². The van der Waals surface area contributed by atoms with E-state index in [4.69, 9.17) is 0 Å². The molecule has 1 fully saturated rings. The first-order chi connectivity index (χ1) is 8.97. The molecule has 1 aliphatic heterocycles. The van der Waals surface area contributed by atoms with Crippen molar-refractivity contribution in [1.82, 2.24) is 4.90 Å². The maximum atomic E-state index is 10.1. The molecule has 0 atom stereocenters. The zero-order valence-corrected chi connectivity index (χ0v) is 12.2. The fourth-order valence-electron chi connectivity index (χ4n) is 2.82. The molecule has 3 heteroatoms. The van der Waals surface area contributed by atoms with Crippen LogP contribution in [-0.2, 0) is 6.54 Å². The van der Waals surface area contributed by atoms with Gasteiger partial charge in [0.25, 0.3) is 0 Å². The molecule has 0 saturated carbocycles. The van der Waals surface area contributed by atoms with Crippen LogP contribution in [0.4, 0.5) is 0 Å². The Hall–Kier alpha value is -1.06. The summed E-state index contributed by atoms with van der Waals surface area (Å²) in [7, 11) is 0. The second kappa shape index (κ2) is 5.93. The highest BCUT2D eigenvalue weighted by Crippen LogP contribution is 2.28. The predicted molar refractivity (Wildman–Crippen MR) is 77.5 cm³/mol. The average molecular weight is 263 g/mol. The molecule has 19 heavy (non-hydrogen) atoms. The van der Waals surface area contributed by atoms with Crippen LogP contribution in [-0.4, -0.2) is 34.3 Å². The molecule has 1 aromatic carbocycles. The van der Waals surface area contributed by atoms with E-state index in [9.17, 15) is 10.2 Å². The number of piperidine rings is 1. The van der Waals surface area contributed by atoms with Gasteiger partial charge in [-0.25, -0.2) is 0 Å². The zero-order chi connectivity index (χ0) is 14.0. The van der Waals surface area contributed by atoms with Gasteiger partial charge in [-0.3, -0.25) is 4.90 Å². The van der Waals surface area contributed by atoms with Crippen molar-refractivity contribution >= 4 is 0 Å². The Morgan fingerprint density at radius 2 is 1.89 bits per heavy atom. The Balaban J connectivity index is 2.13. The number of aliphatic hydroxyl groups is 1. The minimum absolute atomic E-state index is 0.144. The zero-order valence-electron chi connectivity index (χ0n) is 12.2. The molecule has 0 amide bonds. The normalized spacial score (nSPS) is 18.2. The molecule has 2 rings (SSSR count). The van der Waals surface area contributed by atoms with Gasteiger partial charge in [0.2, 0.25) is 0 Å². The van der Waals surface area contributed by atoms with Crippen molar-refractivity contribution in [2.45, 2.75) is 52.2 Å². The number of aromatic hydroxyl groups is 1. The van der Waals surface area contributed by atoms with Crippen molar-refractivity contribution in [2.24, 2.45) is 0 Å². The summed E-state index contributed by atoms with van der Waals surface area (Å²) in [6.45, 7) is 9.01. The van der Waals surface area contributed by atoms with E-state index >= 15 is 0 Å². The van der Waals surface area contributed by atoms with E-state index in [0.29, 0.717) is 11.7 Å². The number of aliphatic hydroxyl groups excluding tert-OH is 1. The van der Waals surface area contributed by atoms with Crippen molar-refractivity contribution in [3.8, 4) is 5.75 Å². The Morgan fingerprint density at radius 3 is 2.47 bits per heavy atom. The van der Waals surface area contributed by atoms with E-state index < -0.39 is 0 Å². The summed E-state index contributed by atoms with van der Waals surface area (Å²) < 4.78 is 0. The van der Waals surface area contributed by atoms with E-state index in [1.165, 1.54) is 5.56 Å². The van der Waals surface area contributed by atoms with Crippen LogP contribution in [0.3, 0.4) is 0 Å². The van der Waals surface area contributed by atoms with Gasteiger partial charge in [0.05, 0.1) is 6.10 Å². The van der Waals surface area contributed by atoms with Gasteiger partial charge in [-0.1, -0.05) is 19.9 Å². The van der Waals surface area contributed by atoms with Crippen molar-refractivity contribution in [3.63, 3.8) is 0 Å². The van der Waals surface area contributed by atoms with E-state index in [1.54, 1.807) is 0 Å². The Labute approximate surface area is 115 Å². The maximum Gasteiger partial charge on any atom is 0.120 e. The monoisotopic (exact) mass is 263 g/mol. The average Bonchev–Trinajstić information content (AvgIpc) is 2.34. The Bertz CT molecular complexity index is 435. The molecule has 0 unspecified atom stereocenters. The lowest BCUT2D eigenvalue weighted by Crippen LogP contribution is -2.35. The lowest BCUT2D eigenvalue weighted by atomic mass is 9.94. The first-order valence-electron chi connectivity index (χ1n) is 7.20. The van der Waals surface area contributed by atoms with Crippen LogP contribution in [0, 0.1) is 6.92 Å². The molecular formula is C16H25NO2. The fraction of sp³-hybridized carbons (Fsp3) is 0.625. The summed E-state index contributed by atoms with van der Waals surface area (Å²) in [5.74, 6) is 0.871. The number of hydrogen-bond acceptors (Lipinski definition) is 3. The molecule has 1 aliphatic rings. The van der Waals surface area contributed by atoms with E-state index in [1.807, 2.05) is 6.07 Å². The minimum Gasteiger partial charge on any atom is -0.508 e. The van der Waals surface area contributed by atoms with Gasteiger partial charge in [-0.2, -0.15) is 0 Å². The largest absolute Gasteiger partial charge is 0.508 e. The molecule has 0 aliphatic carbocycles. The standard InChI is InChI=1S/C16H25NO2/c1-11(2)15-9-13(16(19)8-12(15)3)10-17-6-4-14(18)5-7-17/h8-9,11,14,18-19H,4-7,10H2,1-3H3. The summed E-state index contributed by atoms with van der Waals surface area (Å²) in [6, 6.07) is 4.02. The number of benzene rings is 1. The fourth-order valence-corrected chi connectivity index (χ4v) is 2.82. The van der Waals surface area contributed by atoms with Crippen LogP contribution in [0.15, 0.2) is 12.1 Å². The van der Waals surface area contributed by atoms with Gasteiger partial charge in [0, 0.05) is 25.2 Å². The number of phenols is 1. The smallest absolute Gasteiger partial charge is 0.120 e. The molecule has 0 aromatic heterocycles. The second-order valence-electron chi connectivity index (χ2n) is 6.00. The molecular weight excluding hydrogens is 238 g/mol. The number of likely N-dealkylation sites (tertiary alicyclic amines) is 1. The van der Waals surface area contributed by atoms with Gasteiger partial charge in [0.1, 0.15) is 5.75 Å². The molecule has 3 nitrogen and oxygen atoms in total. The van der Waals surface area contributed by atoms with Crippen molar-refractivity contribution in [1.29, 1.82) is 0 Å². The van der Waals surface area contributed by atoms with Gasteiger partial charge in [-0.15, -0.1) is 0 Å². The third kappa shape index (κ3) is 3.48. The van der Waals surface area contributed by atoms with Gasteiger partial charge >= 0.3 is 0 Å². The third-order valence-corrected chi connectivity index (χ3v) is 4.04. The summed E-state index contributed by atoms with van der Waals surface area (Å²) in [6.07, 6.45) is 1.53. The molecule has 1 aromatic rings. The third-order valence-electron chi connectivity index (χ3n) is 4.04. The summed E-state index contributed by atoms with van der Waals surface area (Å²) in [5.41, 5.74) is 3.47. The van der Waals surface area contributed by atoms with Gasteiger partial charge in [0.15, 0.2) is 0 Å². The van der Waals surface area contributed by atoms with Crippen molar-refractivity contribution in [3.05, 3.63) is 28.8 Å². The van der Waals surface area contributed by atoms with E-state index in [2.05, 4.69) is 31.7 Å². The Kier molecular flexibility index (Phi) is 4.48. The highest BCUT2D eigenvalue weighted by Gasteiger charge is 2.18. The summed E-state index contributed by atoms with van der Waals surface area (Å²) in [4.78, 5) is 2.31. The van der Waals surface area contributed by atoms with Crippen LogP contribution in [0.25, 0.3) is 0 Å². The quantitative estimate of drug-likeness (QED) is 0.881. The van der Waals surface area contributed by atoms with Gasteiger partial charge < -0.3 is 10.2 Å². The Morgan fingerprint density at radius 1 is 1.26 bits per heavy atom. The maximum absolute atomic E-state index is 10.1. The minimum atomic E-state index is -0.144. The molecule has 0 bridgehead atoms. The summed E-state index contributed by atoms with van der Waals surface area (Å²) in [5, 5.41) is 19.6. The SMILES string of the molecule is Cc1cc(O)c(CN2CCC(O)CC2)cc1C(C)C. The second-order valence-corrected chi connectivity index (χ2v) is 6.00. The molecule has 1 saturated heterocycles. The number of hydrogen-bond donors (Lipinski definition) is 2. The molecule has 0 radical (unpaired) electrons. The lowest BCUT2D eigenvalue weighted by molar-refractivity contribution is 0.0789. The van der Waals surface area contributed by atoms with Crippen LogP contribution >= 0.6 is 0 Å². The molecule has 0 spiro atoms. The van der Waals surface area contributed by atoms with Crippen LogP contribution in [0.2, 0.25) is 0 Å². The number of rotatable bonds is 3. The predicted octanol–water partition coefficient (Wildman–Crippen LogP) is 2.78. The van der Waals surface area contributed by atoms with E-state index in [-0.39, 0.29) is 6.10 Å².